The fourth-order valence-electron chi connectivity index (χ4n) is 1.99. The second-order valence-corrected chi connectivity index (χ2v) is 4.51. The van der Waals surface area contributed by atoms with Crippen molar-refractivity contribution in [1.29, 1.82) is 0 Å². The Labute approximate surface area is 68.7 Å². The normalized spacial score (nSPS) is 30.5. The SMILES string of the molecule is CC(C)N1CC(N)(C2CC2)C1. The Morgan fingerprint density at radius 1 is 1.36 bits per heavy atom. The van der Waals surface area contributed by atoms with Gasteiger partial charge in [-0.1, -0.05) is 0 Å². The standard InChI is InChI=1S/C9H18N2/c1-7(2)11-5-9(10,6-11)8-3-4-8/h7-8H,3-6,10H2,1-2H3. The van der Waals surface area contributed by atoms with Crippen LogP contribution in [0.15, 0.2) is 0 Å². The molecule has 0 amide bonds. The van der Waals surface area contributed by atoms with E-state index in [2.05, 4.69) is 18.7 Å². The highest BCUT2D eigenvalue weighted by Crippen LogP contribution is 2.43. The average Bonchev–Trinajstić information content (AvgIpc) is 2.60. The van der Waals surface area contributed by atoms with Crippen LogP contribution >= 0.6 is 0 Å². The first-order valence-electron chi connectivity index (χ1n) is 4.65. The van der Waals surface area contributed by atoms with E-state index in [1.165, 1.54) is 12.8 Å². The summed E-state index contributed by atoms with van der Waals surface area (Å²) in [4.78, 5) is 2.46. The van der Waals surface area contributed by atoms with Gasteiger partial charge < -0.3 is 5.73 Å². The van der Waals surface area contributed by atoms with Gasteiger partial charge in [-0.25, -0.2) is 0 Å². The van der Waals surface area contributed by atoms with Gasteiger partial charge in [-0.15, -0.1) is 0 Å². The average molecular weight is 154 g/mol. The lowest BCUT2D eigenvalue weighted by molar-refractivity contribution is 0.0283. The predicted octanol–water partition coefficient (Wildman–Crippen LogP) is 0.818. The monoisotopic (exact) mass is 154 g/mol. The van der Waals surface area contributed by atoms with Gasteiger partial charge in [0.25, 0.3) is 0 Å². The van der Waals surface area contributed by atoms with Crippen LogP contribution in [0.5, 0.6) is 0 Å². The molecule has 1 heterocycles. The van der Waals surface area contributed by atoms with Gasteiger partial charge in [-0.05, 0) is 32.6 Å². The lowest BCUT2D eigenvalue weighted by Crippen LogP contribution is -2.69. The maximum Gasteiger partial charge on any atom is 0.0441 e. The van der Waals surface area contributed by atoms with Gasteiger partial charge in [-0.2, -0.15) is 0 Å². The highest BCUT2D eigenvalue weighted by molar-refractivity contribution is 5.09. The first-order valence-corrected chi connectivity index (χ1v) is 4.65. The molecule has 2 aliphatic rings. The minimum Gasteiger partial charge on any atom is -0.323 e. The molecular formula is C9H18N2. The van der Waals surface area contributed by atoms with Crippen LogP contribution in [0, 0.1) is 5.92 Å². The molecule has 0 aromatic heterocycles. The molecule has 2 N–H and O–H groups in total. The number of rotatable bonds is 2. The molecule has 0 atom stereocenters. The zero-order valence-corrected chi connectivity index (χ0v) is 7.51. The largest absolute Gasteiger partial charge is 0.323 e. The Morgan fingerprint density at radius 3 is 2.27 bits per heavy atom. The fraction of sp³-hybridized carbons (Fsp3) is 1.00. The number of hydrogen-bond donors (Lipinski definition) is 1. The van der Waals surface area contributed by atoms with Crippen molar-refractivity contribution in [3.8, 4) is 0 Å². The first kappa shape index (κ1) is 7.56. The molecule has 0 aromatic rings. The smallest absolute Gasteiger partial charge is 0.0441 e. The van der Waals surface area contributed by atoms with Crippen molar-refractivity contribution in [2.75, 3.05) is 13.1 Å². The fourth-order valence-corrected chi connectivity index (χ4v) is 1.99. The van der Waals surface area contributed by atoms with Crippen LogP contribution in [-0.2, 0) is 0 Å². The second kappa shape index (κ2) is 2.20. The van der Waals surface area contributed by atoms with Crippen LogP contribution in [-0.4, -0.2) is 29.6 Å². The minimum absolute atomic E-state index is 0.213. The number of nitrogens with zero attached hydrogens (tertiary/aromatic N) is 1. The van der Waals surface area contributed by atoms with Crippen molar-refractivity contribution in [1.82, 2.24) is 4.90 Å². The summed E-state index contributed by atoms with van der Waals surface area (Å²) in [5, 5.41) is 0. The number of nitrogens with two attached hydrogens (primary N) is 1. The molecule has 0 radical (unpaired) electrons. The third kappa shape index (κ3) is 1.18. The van der Waals surface area contributed by atoms with E-state index < -0.39 is 0 Å². The molecule has 0 bridgehead atoms. The topological polar surface area (TPSA) is 29.3 Å². The van der Waals surface area contributed by atoms with Gasteiger partial charge >= 0.3 is 0 Å². The summed E-state index contributed by atoms with van der Waals surface area (Å²) in [5.74, 6) is 0.859. The summed E-state index contributed by atoms with van der Waals surface area (Å²) < 4.78 is 0. The van der Waals surface area contributed by atoms with E-state index in [0.29, 0.717) is 6.04 Å². The van der Waals surface area contributed by atoms with E-state index in [-0.39, 0.29) is 5.54 Å². The molecule has 1 saturated heterocycles. The third-order valence-corrected chi connectivity index (χ3v) is 3.12. The first-order chi connectivity index (χ1) is 5.12. The van der Waals surface area contributed by atoms with Crippen LogP contribution in [0.3, 0.4) is 0 Å². The Morgan fingerprint density at radius 2 is 1.91 bits per heavy atom. The van der Waals surface area contributed by atoms with Crippen LogP contribution in [0.2, 0.25) is 0 Å². The Kier molecular flexibility index (Phi) is 1.52. The Hall–Kier alpha value is -0.0800. The van der Waals surface area contributed by atoms with Gasteiger partial charge in [-0.3, -0.25) is 4.90 Å². The summed E-state index contributed by atoms with van der Waals surface area (Å²) >= 11 is 0. The second-order valence-electron chi connectivity index (χ2n) is 4.51. The van der Waals surface area contributed by atoms with Crippen LogP contribution in [0.1, 0.15) is 26.7 Å². The van der Waals surface area contributed by atoms with Gasteiger partial charge in [0.2, 0.25) is 0 Å². The number of hydrogen-bond acceptors (Lipinski definition) is 2. The lowest BCUT2D eigenvalue weighted by atomic mass is 9.85. The highest BCUT2D eigenvalue weighted by atomic mass is 15.3. The van der Waals surface area contributed by atoms with Gasteiger partial charge in [0.1, 0.15) is 0 Å². The van der Waals surface area contributed by atoms with E-state index in [4.69, 9.17) is 5.73 Å². The van der Waals surface area contributed by atoms with E-state index in [1.807, 2.05) is 0 Å². The van der Waals surface area contributed by atoms with Gasteiger partial charge in [0, 0.05) is 24.7 Å². The summed E-state index contributed by atoms with van der Waals surface area (Å²) in [6.07, 6.45) is 2.75. The van der Waals surface area contributed by atoms with Crippen LogP contribution < -0.4 is 5.73 Å². The van der Waals surface area contributed by atoms with Gasteiger partial charge in [0.05, 0.1) is 0 Å². The van der Waals surface area contributed by atoms with E-state index in [1.54, 1.807) is 0 Å². The van der Waals surface area contributed by atoms with Crippen molar-refractivity contribution in [3.63, 3.8) is 0 Å². The van der Waals surface area contributed by atoms with Crippen LogP contribution in [0.4, 0.5) is 0 Å². The molecule has 0 aromatic carbocycles. The molecule has 11 heavy (non-hydrogen) atoms. The highest BCUT2D eigenvalue weighted by Gasteiger charge is 2.50. The summed E-state index contributed by atoms with van der Waals surface area (Å²) in [6.45, 7) is 6.75. The molecule has 2 nitrogen and oxygen atoms in total. The maximum atomic E-state index is 6.19. The molecular weight excluding hydrogens is 136 g/mol. The van der Waals surface area contributed by atoms with E-state index in [0.717, 1.165) is 19.0 Å². The van der Waals surface area contributed by atoms with Crippen molar-refractivity contribution >= 4 is 0 Å². The predicted molar refractivity (Wildman–Crippen MR) is 46.4 cm³/mol. The summed E-state index contributed by atoms with van der Waals surface area (Å²) in [7, 11) is 0. The molecule has 64 valence electrons. The molecule has 2 heteroatoms. The zero-order chi connectivity index (χ0) is 8.06. The minimum atomic E-state index is 0.213. The van der Waals surface area contributed by atoms with E-state index >= 15 is 0 Å². The molecule has 0 spiro atoms. The molecule has 2 rings (SSSR count). The van der Waals surface area contributed by atoms with Crippen molar-refractivity contribution in [2.24, 2.45) is 11.7 Å². The number of likely N-dealkylation sites (tertiary alicyclic amines) is 1. The molecule has 1 aliphatic heterocycles. The molecule has 0 unspecified atom stereocenters. The quantitative estimate of drug-likeness (QED) is 0.638. The third-order valence-electron chi connectivity index (χ3n) is 3.12. The Bertz CT molecular complexity index is 155. The lowest BCUT2D eigenvalue weighted by Gasteiger charge is -2.50. The zero-order valence-electron chi connectivity index (χ0n) is 7.51. The van der Waals surface area contributed by atoms with Crippen molar-refractivity contribution < 1.29 is 0 Å². The summed E-state index contributed by atoms with van der Waals surface area (Å²) in [6, 6.07) is 0.686. The molecule has 2 fully saturated rings. The Balaban J connectivity index is 1.85. The molecule has 1 saturated carbocycles. The molecule has 1 aliphatic carbocycles. The summed E-state index contributed by atoms with van der Waals surface area (Å²) in [5.41, 5.74) is 6.41. The van der Waals surface area contributed by atoms with Crippen molar-refractivity contribution in [2.45, 2.75) is 38.3 Å². The van der Waals surface area contributed by atoms with Gasteiger partial charge in [0.15, 0.2) is 0 Å². The van der Waals surface area contributed by atoms with Crippen molar-refractivity contribution in [3.05, 3.63) is 0 Å². The maximum absolute atomic E-state index is 6.19. The van der Waals surface area contributed by atoms with E-state index in [9.17, 15) is 0 Å². The van der Waals surface area contributed by atoms with Crippen LogP contribution in [0.25, 0.3) is 0 Å².